The van der Waals surface area contributed by atoms with Gasteiger partial charge in [0.15, 0.2) is 0 Å². The Kier molecular flexibility index (Phi) is 4.61. The van der Waals surface area contributed by atoms with E-state index >= 15 is 0 Å². The number of carbonyl (C=O) groups is 1. The Labute approximate surface area is 116 Å². The van der Waals surface area contributed by atoms with Crippen LogP contribution in [0.4, 0.5) is 5.82 Å². The van der Waals surface area contributed by atoms with Gasteiger partial charge in [-0.25, -0.2) is 9.78 Å². The Hall–Kier alpha value is -1.33. The van der Waals surface area contributed by atoms with Crippen molar-refractivity contribution in [3.63, 3.8) is 0 Å². The molecule has 0 aromatic carbocycles. The van der Waals surface area contributed by atoms with E-state index in [0.29, 0.717) is 5.82 Å². The third kappa shape index (κ3) is 3.16. The van der Waals surface area contributed by atoms with Crippen molar-refractivity contribution in [2.24, 2.45) is 5.92 Å². The SMILES string of the molecule is O=C(O)c1ccnc(NC2CCCCC2CO)c1Cl. The number of aromatic nitrogens is 1. The van der Waals surface area contributed by atoms with Gasteiger partial charge in [0.2, 0.25) is 0 Å². The van der Waals surface area contributed by atoms with E-state index in [4.69, 9.17) is 16.7 Å². The van der Waals surface area contributed by atoms with Gasteiger partial charge in [-0.2, -0.15) is 0 Å². The van der Waals surface area contributed by atoms with Gasteiger partial charge in [0, 0.05) is 24.8 Å². The minimum Gasteiger partial charge on any atom is -0.478 e. The lowest BCUT2D eigenvalue weighted by Crippen LogP contribution is -2.34. The van der Waals surface area contributed by atoms with Crippen LogP contribution in [0.1, 0.15) is 36.0 Å². The Morgan fingerprint density at radius 2 is 2.21 bits per heavy atom. The number of hydrogen-bond acceptors (Lipinski definition) is 4. The highest BCUT2D eigenvalue weighted by Crippen LogP contribution is 2.30. The van der Waals surface area contributed by atoms with E-state index in [2.05, 4.69) is 10.3 Å². The monoisotopic (exact) mass is 284 g/mol. The molecule has 1 aliphatic rings. The van der Waals surface area contributed by atoms with E-state index in [9.17, 15) is 9.90 Å². The number of carboxylic acids is 1. The van der Waals surface area contributed by atoms with E-state index in [1.807, 2.05) is 0 Å². The van der Waals surface area contributed by atoms with Gasteiger partial charge in [-0.1, -0.05) is 24.4 Å². The number of rotatable bonds is 4. The normalized spacial score (nSPS) is 23.1. The fourth-order valence-electron chi connectivity index (χ4n) is 2.50. The van der Waals surface area contributed by atoms with Crippen molar-refractivity contribution >= 4 is 23.4 Å². The lowest BCUT2D eigenvalue weighted by molar-refractivity contribution is 0.0697. The van der Waals surface area contributed by atoms with Gasteiger partial charge in [-0.15, -0.1) is 0 Å². The third-order valence-corrected chi connectivity index (χ3v) is 3.97. The van der Waals surface area contributed by atoms with E-state index in [-0.39, 0.29) is 29.2 Å². The van der Waals surface area contributed by atoms with Gasteiger partial charge in [0.05, 0.1) is 10.6 Å². The van der Waals surface area contributed by atoms with Crippen LogP contribution in [-0.4, -0.2) is 33.8 Å². The molecule has 0 amide bonds. The Bertz CT molecular complexity index is 467. The Morgan fingerprint density at radius 3 is 2.89 bits per heavy atom. The molecule has 0 aliphatic heterocycles. The molecule has 2 atom stereocenters. The number of hydrogen-bond donors (Lipinski definition) is 3. The predicted octanol–water partition coefficient (Wildman–Crippen LogP) is 2.40. The molecule has 3 N–H and O–H groups in total. The first-order chi connectivity index (χ1) is 9.13. The molecule has 19 heavy (non-hydrogen) atoms. The van der Waals surface area contributed by atoms with Gasteiger partial charge in [-0.3, -0.25) is 0 Å². The van der Waals surface area contributed by atoms with Crippen molar-refractivity contribution in [3.05, 3.63) is 22.8 Å². The van der Waals surface area contributed by atoms with E-state index in [0.717, 1.165) is 25.7 Å². The number of halogens is 1. The van der Waals surface area contributed by atoms with Crippen LogP contribution in [0.25, 0.3) is 0 Å². The van der Waals surface area contributed by atoms with Crippen LogP contribution in [0.3, 0.4) is 0 Å². The van der Waals surface area contributed by atoms with Crippen molar-refractivity contribution < 1.29 is 15.0 Å². The number of nitrogens with one attached hydrogen (secondary N) is 1. The molecule has 1 aliphatic carbocycles. The Morgan fingerprint density at radius 1 is 1.47 bits per heavy atom. The summed E-state index contributed by atoms with van der Waals surface area (Å²) in [5, 5.41) is 21.7. The van der Waals surface area contributed by atoms with Gasteiger partial charge >= 0.3 is 5.97 Å². The standard InChI is InChI=1S/C13H17ClN2O3/c14-11-9(13(18)19)5-6-15-12(11)16-10-4-2-1-3-8(10)7-17/h5-6,8,10,17H,1-4,7H2,(H,15,16)(H,18,19). The summed E-state index contributed by atoms with van der Waals surface area (Å²) < 4.78 is 0. The molecule has 1 fully saturated rings. The average molecular weight is 285 g/mol. The first kappa shape index (κ1) is 14.1. The highest BCUT2D eigenvalue weighted by Gasteiger charge is 2.26. The van der Waals surface area contributed by atoms with Crippen LogP contribution in [0.2, 0.25) is 5.02 Å². The minimum atomic E-state index is -1.07. The lowest BCUT2D eigenvalue weighted by Gasteiger charge is -2.31. The van der Waals surface area contributed by atoms with Crippen LogP contribution < -0.4 is 5.32 Å². The minimum absolute atomic E-state index is 0.0375. The second kappa shape index (κ2) is 6.21. The molecule has 1 aromatic rings. The van der Waals surface area contributed by atoms with Crippen LogP contribution in [0, 0.1) is 5.92 Å². The summed E-state index contributed by atoms with van der Waals surface area (Å²) in [5.74, 6) is -0.523. The summed E-state index contributed by atoms with van der Waals surface area (Å²) in [6.45, 7) is 0.119. The molecule has 2 unspecified atom stereocenters. The molecule has 0 saturated heterocycles. The van der Waals surface area contributed by atoms with Gasteiger partial charge in [0.1, 0.15) is 5.82 Å². The largest absolute Gasteiger partial charge is 0.478 e. The van der Waals surface area contributed by atoms with Crippen molar-refractivity contribution in [1.82, 2.24) is 4.98 Å². The zero-order valence-corrected chi connectivity index (χ0v) is 11.2. The maximum absolute atomic E-state index is 11.0. The molecular formula is C13H17ClN2O3. The predicted molar refractivity (Wildman–Crippen MR) is 72.7 cm³/mol. The second-order valence-electron chi connectivity index (χ2n) is 4.80. The molecule has 0 radical (unpaired) electrons. The fraction of sp³-hybridized carbons (Fsp3) is 0.538. The average Bonchev–Trinajstić information content (AvgIpc) is 2.41. The molecule has 1 aromatic heterocycles. The second-order valence-corrected chi connectivity index (χ2v) is 5.18. The summed E-state index contributed by atoms with van der Waals surface area (Å²) in [7, 11) is 0. The summed E-state index contributed by atoms with van der Waals surface area (Å²) in [6.07, 6.45) is 5.52. The van der Waals surface area contributed by atoms with Crippen LogP contribution in [0.5, 0.6) is 0 Å². The molecular weight excluding hydrogens is 268 g/mol. The fourth-order valence-corrected chi connectivity index (χ4v) is 2.75. The van der Waals surface area contributed by atoms with Crippen LogP contribution >= 0.6 is 11.6 Å². The van der Waals surface area contributed by atoms with Crippen molar-refractivity contribution in [2.45, 2.75) is 31.7 Å². The lowest BCUT2D eigenvalue weighted by atomic mass is 9.85. The van der Waals surface area contributed by atoms with Gasteiger partial charge < -0.3 is 15.5 Å². The summed E-state index contributed by atoms with van der Waals surface area (Å²) in [5.41, 5.74) is 0.0375. The first-order valence-corrected chi connectivity index (χ1v) is 6.76. The zero-order valence-electron chi connectivity index (χ0n) is 10.5. The van der Waals surface area contributed by atoms with Crippen molar-refractivity contribution in [3.8, 4) is 0 Å². The molecule has 1 saturated carbocycles. The molecule has 0 spiro atoms. The maximum atomic E-state index is 11.0. The van der Waals surface area contributed by atoms with Crippen LogP contribution in [0.15, 0.2) is 12.3 Å². The number of anilines is 1. The third-order valence-electron chi connectivity index (χ3n) is 3.59. The van der Waals surface area contributed by atoms with Crippen LogP contribution in [-0.2, 0) is 0 Å². The van der Waals surface area contributed by atoms with Gasteiger partial charge in [0.25, 0.3) is 0 Å². The summed E-state index contributed by atoms with van der Waals surface area (Å²) in [6, 6.07) is 1.47. The topological polar surface area (TPSA) is 82.5 Å². The number of nitrogens with zero attached hydrogens (tertiary/aromatic N) is 1. The smallest absolute Gasteiger partial charge is 0.337 e. The quantitative estimate of drug-likeness (QED) is 0.791. The van der Waals surface area contributed by atoms with E-state index < -0.39 is 5.97 Å². The molecule has 2 rings (SSSR count). The van der Waals surface area contributed by atoms with Crippen molar-refractivity contribution in [1.29, 1.82) is 0 Å². The van der Waals surface area contributed by atoms with Gasteiger partial charge in [-0.05, 0) is 18.9 Å². The highest BCUT2D eigenvalue weighted by atomic mass is 35.5. The zero-order chi connectivity index (χ0) is 13.8. The summed E-state index contributed by atoms with van der Waals surface area (Å²) >= 11 is 6.05. The maximum Gasteiger partial charge on any atom is 0.337 e. The number of aliphatic hydroxyl groups excluding tert-OH is 1. The molecule has 5 nitrogen and oxygen atoms in total. The summed E-state index contributed by atoms with van der Waals surface area (Å²) in [4.78, 5) is 15.1. The molecule has 6 heteroatoms. The number of aromatic carboxylic acids is 1. The number of pyridine rings is 1. The number of aliphatic hydroxyl groups is 1. The van der Waals surface area contributed by atoms with E-state index in [1.54, 1.807) is 0 Å². The highest BCUT2D eigenvalue weighted by molar-refractivity contribution is 6.35. The molecule has 0 bridgehead atoms. The number of carboxylic acid groups (broad SMARTS) is 1. The van der Waals surface area contributed by atoms with E-state index in [1.165, 1.54) is 12.3 Å². The molecule has 1 heterocycles. The first-order valence-electron chi connectivity index (χ1n) is 6.38. The van der Waals surface area contributed by atoms with Crippen molar-refractivity contribution in [2.75, 3.05) is 11.9 Å². The molecule has 104 valence electrons. The Balaban J connectivity index is 2.18.